The number of nitrogens with one attached hydrogen (secondary N) is 2. The number of aryl methyl sites for hydroxylation is 1. The molecule has 8 heteroatoms. The number of carbonyl (C=O) groups is 1. The average Bonchev–Trinajstić information content (AvgIpc) is 3.00. The van der Waals surface area contributed by atoms with Gasteiger partial charge in [-0.25, -0.2) is 9.78 Å². The van der Waals surface area contributed by atoms with Crippen molar-refractivity contribution >= 4 is 61.4 Å². The van der Waals surface area contributed by atoms with Crippen molar-refractivity contribution in [1.29, 1.82) is 0 Å². The van der Waals surface area contributed by atoms with Crippen molar-refractivity contribution in [1.82, 2.24) is 10.3 Å². The Morgan fingerprint density at radius 3 is 2.85 bits per heavy atom. The summed E-state index contributed by atoms with van der Waals surface area (Å²) in [5.74, 6) is -0.627. The molecule has 0 unspecified atom stereocenters. The second-order valence-corrected chi connectivity index (χ2v) is 7.45. The standard InChI is InChI=1S/C19H13N3O3S2/c1-10-20-14-9-12(6-7-16(14)27-10)21-19(26)22-17(23)13-8-11-4-2-3-5-15(11)25-18(13)24/h2-9H,1H3,(H2,21,22,23,26). The lowest BCUT2D eigenvalue weighted by molar-refractivity contribution is 0.0974. The highest BCUT2D eigenvalue weighted by molar-refractivity contribution is 7.80. The van der Waals surface area contributed by atoms with Gasteiger partial charge in [0.15, 0.2) is 5.11 Å². The number of aromatic nitrogens is 1. The van der Waals surface area contributed by atoms with E-state index in [9.17, 15) is 9.59 Å². The minimum absolute atomic E-state index is 0.0823. The molecular weight excluding hydrogens is 382 g/mol. The zero-order chi connectivity index (χ0) is 19.0. The van der Waals surface area contributed by atoms with Crippen molar-refractivity contribution in [2.24, 2.45) is 0 Å². The van der Waals surface area contributed by atoms with Crippen LogP contribution in [0.4, 0.5) is 5.69 Å². The summed E-state index contributed by atoms with van der Waals surface area (Å²) in [5, 5.41) is 7.15. The topological polar surface area (TPSA) is 84.2 Å². The highest BCUT2D eigenvalue weighted by Gasteiger charge is 2.15. The lowest BCUT2D eigenvalue weighted by Gasteiger charge is -2.09. The molecule has 0 aliphatic rings. The number of thiocarbonyl (C=S) groups is 1. The van der Waals surface area contributed by atoms with E-state index in [4.69, 9.17) is 16.6 Å². The number of nitrogens with zero attached hydrogens (tertiary/aromatic N) is 1. The van der Waals surface area contributed by atoms with E-state index in [-0.39, 0.29) is 10.7 Å². The number of thiazole rings is 1. The fourth-order valence-electron chi connectivity index (χ4n) is 2.67. The Kier molecular flexibility index (Phi) is 4.43. The fraction of sp³-hybridized carbons (Fsp3) is 0.0526. The predicted molar refractivity (Wildman–Crippen MR) is 111 cm³/mol. The molecule has 1 amide bonds. The number of hydrogen-bond donors (Lipinski definition) is 2. The Hall–Kier alpha value is -3.10. The van der Waals surface area contributed by atoms with Crippen LogP contribution in [0.15, 0.2) is 57.7 Å². The van der Waals surface area contributed by atoms with Crippen LogP contribution in [0.5, 0.6) is 0 Å². The molecule has 0 atom stereocenters. The molecule has 4 aromatic rings. The predicted octanol–water partition coefficient (Wildman–Crippen LogP) is 3.84. The van der Waals surface area contributed by atoms with E-state index >= 15 is 0 Å². The Morgan fingerprint density at radius 2 is 2.00 bits per heavy atom. The van der Waals surface area contributed by atoms with Crippen LogP contribution in [0, 0.1) is 6.92 Å². The molecule has 0 radical (unpaired) electrons. The minimum Gasteiger partial charge on any atom is -0.422 e. The molecule has 0 aliphatic heterocycles. The van der Waals surface area contributed by atoms with E-state index in [1.165, 1.54) is 6.07 Å². The number of fused-ring (bicyclic) bond motifs is 2. The third kappa shape index (κ3) is 3.57. The molecule has 0 fully saturated rings. The van der Waals surface area contributed by atoms with Gasteiger partial charge in [0, 0.05) is 11.1 Å². The van der Waals surface area contributed by atoms with Crippen LogP contribution >= 0.6 is 23.6 Å². The minimum atomic E-state index is -0.714. The molecular formula is C19H13N3O3S2. The number of carbonyl (C=O) groups excluding carboxylic acids is 1. The van der Waals surface area contributed by atoms with E-state index in [1.54, 1.807) is 35.6 Å². The van der Waals surface area contributed by atoms with E-state index in [2.05, 4.69) is 15.6 Å². The molecule has 2 heterocycles. The summed E-state index contributed by atoms with van der Waals surface area (Å²) in [7, 11) is 0. The first-order chi connectivity index (χ1) is 13.0. The Labute approximate surface area is 162 Å². The van der Waals surface area contributed by atoms with Crippen molar-refractivity contribution in [3.63, 3.8) is 0 Å². The number of amides is 1. The van der Waals surface area contributed by atoms with E-state index < -0.39 is 11.5 Å². The van der Waals surface area contributed by atoms with E-state index in [1.807, 2.05) is 25.1 Å². The summed E-state index contributed by atoms with van der Waals surface area (Å²) >= 11 is 6.79. The molecule has 6 nitrogen and oxygen atoms in total. The number of anilines is 1. The van der Waals surface area contributed by atoms with Gasteiger partial charge in [-0.05, 0) is 49.5 Å². The summed E-state index contributed by atoms with van der Waals surface area (Å²) in [6, 6.07) is 14.1. The third-order valence-electron chi connectivity index (χ3n) is 3.87. The SMILES string of the molecule is Cc1nc2cc(NC(=S)NC(=O)c3cc4ccccc4oc3=O)ccc2s1. The maximum Gasteiger partial charge on any atom is 0.349 e. The summed E-state index contributed by atoms with van der Waals surface area (Å²) in [6.45, 7) is 1.94. The monoisotopic (exact) mass is 395 g/mol. The van der Waals surface area contributed by atoms with Crippen molar-refractivity contribution in [3.8, 4) is 0 Å². The van der Waals surface area contributed by atoms with Gasteiger partial charge in [0.25, 0.3) is 5.91 Å². The largest absolute Gasteiger partial charge is 0.422 e. The van der Waals surface area contributed by atoms with Gasteiger partial charge in [-0.15, -0.1) is 11.3 Å². The van der Waals surface area contributed by atoms with Gasteiger partial charge >= 0.3 is 5.63 Å². The summed E-state index contributed by atoms with van der Waals surface area (Å²) < 4.78 is 6.25. The Bertz CT molecular complexity index is 1260. The van der Waals surface area contributed by atoms with Gasteiger partial charge in [0.05, 0.1) is 15.2 Å². The van der Waals surface area contributed by atoms with Crippen LogP contribution in [-0.2, 0) is 0 Å². The number of benzene rings is 2. The van der Waals surface area contributed by atoms with Crippen LogP contribution in [-0.4, -0.2) is 16.0 Å². The second-order valence-electron chi connectivity index (χ2n) is 5.81. The lowest BCUT2D eigenvalue weighted by atomic mass is 10.2. The van der Waals surface area contributed by atoms with Gasteiger partial charge in [-0.2, -0.15) is 0 Å². The molecule has 0 bridgehead atoms. The van der Waals surface area contributed by atoms with Gasteiger partial charge in [0.1, 0.15) is 11.1 Å². The smallest absolute Gasteiger partial charge is 0.349 e. The number of hydrogen-bond acceptors (Lipinski definition) is 6. The lowest BCUT2D eigenvalue weighted by Crippen LogP contribution is -2.36. The molecule has 2 aromatic heterocycles. The molecule has 0 spiro atoms. The molecule has 27 heavy (non-hydrogen) atoms. The van der Waals surface area contributed by atoms with Crippen molar-refractivity contribution in [2.75, 3.05) is 5.32 Å². The van der Waals surface area contributed by atoms with Crippen molar-refractivity contribution < 1.29 is 9.21 Å². The highest BCUT2D eigenvalue weighted by Crippen LogP contribution is 2.24. The van der Waals surface area contributed by atoms with Gasteiger partial charge < -0.3 is 9.73 Å². The van der Waals surface area contributed by atoms with Gasteiger partial charge in [0.2, 0.25) is 0 Å². The molecule has 2 N–H and O–H groups in total. The van der Waals surface area contributed by atoms with E-state index in [0.29, 0.717) is 16.7 Å². The van der Waals surface area contributed by atoms with Gasteiger partial charge in [-0.1, -0.05) is 18.2 Å². The molecule has 134 valence electrons. The molecule has 0 saturated carbocycles. The maximum absolute atomic E-state index is 12.4. The number of para-hydroxylation sites is 1. The van der Waals surface area contributed by atoms with Gasteiger partial charge in [-0.3, -0.25) is 10.1 Å². The first-order valence-electron chi connectivity index (χ1n) is 8.02. The van der Waals surface area contributed by atoms with Crippen molar-refractivity contribution in [3.05, 3.63) is 69.5 Å². The zero-order valence-electron chi connectivity index (χ0n) is 14.1. The summed E-state index contributed by atoms with van der Waals surface area (Å²) in [5.41, 5.74) is 1.15. The summed E-state index contributed by atoms with van der Waals surface area (Å²) in [4.78, 5) is 28.9. The molecule has 0 saturated heterocycles. The summed E-state index contributed by atoms with van der Waals surface area (Å²) in [6.07, 6.45) is 0. The normalized spacial score (nSPS) is 10.9. The molecule has 4 rings (SSSR count). The number of rotatable bonds is 2. The van der Waals surface area contributed by atoms with Crippen LogP contribution in [0.3, 0.4) is 0 Å². The second kappa shape index (κ2) is 6.90. The maximum atomic E-state index is 12.4. The Balaban J connectivity index is 1.52. The van der Waals surface area contributed by atoms with Crippen LogP contribution in [0.25, 0.3) is 21.2 Å². The van der Waals surface area contributed by atoms with E-state index in [0.717, 1.165) is 15.2 Å². The van der Waals surface area contributed by atoms with Crippen molar-refractivity contribution in [2.45, 2.75) is 6.92 Å². The third-order valence-corrected chi connectivity index (χ3v) is 5.02. The molecule has 2 aromatic carbocycles. The highest BCUT2D eigenvalue weighted by atomic mass is 32.1. The zero-order valence-corrected chi connectivity index (χ0v) is 15.7. The fourth-order valence-corrected chi connectivity index (χ4v) is 3.69. The quantitative estimate of drug-likeness (QED) is 0.396. The van der Waals surface area contributed by atoms with Crippen LogP contribution < -0.4 is 16.3 Å². The first kappa shape index (κ1) is 17.3. The Morgan fingerprint density at radius 1 is 1.19 bits per heavy atom. The first-order valence-corrected chi connectivity index (χ1v) is 9.24. The average molecular weight is 395 g/mol. The van der Waals surface area contributed by atoms with Crippen LogP contribution in [0.1, 0.15) is 15.4 Å². The van der Waals surface area contributed by atoms with Crippen LogP contribution in [0.2, 0.25) is 0 Å². The molecule has 0 aliphatic carbocycles.